The van der Waals surface area contributed by atoms with Crippen LogP contribution in [0.4, 0.5) is 5.00 Å². The van der Waals surface area contributed by atoms with E-state index in [2.05, 4.69) is 24.3 Å². The highest BCUT2D eigenvalue weighted by atomic mass is 35.5. The Balaban J connectivity index is 2.29. The summed E-state index contributed by atoms with van der Waals surface area (Å²) in [6.45, 7) is 0. The molecule has 0 aliphatic heterocycles. The molecule has 0 aliphatic rings. The van der Waals surface area contributed by atoms with Gasteiger partial charge in [-0.2, -0.15) is 0 Å². The number of nitrogens with zero attached hydrogens (tertiary/aromatic N) is 4. The van der Waals surface area contributed by atoms with Crippen molar-refractivity contribution >= 4 is 38.2 Å². The van der Waals surface area contributed by atoms with Gasteiger partial charge in [0.25, 0.3) is 10.0 Å². The van der Waals surface area contributed by atoms with Crippen molar-refractivity contribution in [2.75, 3.05) is 4.72 Å². The molecule has 2 aromatic rings. The summed E-state index contributed by atoms with van der Waals surface area (Å²) >= 11 is 6.38. The molecule has 0 aliphatic carbocycles. The second-order valence-corrected chi connectivity index (χ2v) is 5.38. The first-order valence-corrected chi connectivity index (χ1v) is 6.49. The van der Waals surface area contributed by atoms with E-state index in [-0.39, 0.29) is 10.2 Å². The standard InChI is InChI=1S/C6H4ClN5O2S2/c7-6-8-1-4(2-9-6)16(13,14)11-5-3-10-12-15-5/h1-3,11H. The van der Waals surface area contributed by atoms with Crippen molar-refractivity contribution in [3.8, 4) is 0 Å². The molecule has 0 fully saturated rings. The average molecular weight is 278 g/mol. The highest BCUT2D eigenvalue weighted by Crippen LogP contribution is 2.16. The zero-order valence-corrected chi connectivity index (χ0v) is 9.92. The Morgan fingerprint density at radius 2 is 1.94 bits per heavy atom. The fraction of sp³-hybridized carbons (Fsp3) is 0. The van der Waals surface area contributed by atoms with Crippen molar-refractivity contribution in [2.45, 2.75) is 4.90 Å². The lowest BCUT2D eigenvalue weighted by Gasteiger charge is -2.03. The van der Waals surface area contributed by atoms with Gasteiger partial charge in [-0.15, -0.1) is 5.10 Å². The molecule has 2 aromatic heterocycles. The molecule has 84 valence electrons. The van der Waals surface area contributed by atoms with Gasteiger partial charge in [0, 0.05) is 11.5 Å². The van der Waals surface area contributed by atoms with Gasteiger partial charge < -0.3 is 0 Å². The number of sulfonamides is 1. The van der Waals surface area contributed by atoms with Crippen molar-refractivity contribution in [3.63, 3.8) is 0 Å². The van der Waals surface area contributed by atoms with Crippen LogP contribution in [0.1, 0.15) is 0 Å². The zero-order chi connectivity index (χ0) is 11.6. The van der Waals surface area contributed by atoms with Crippen LogP contribution in [0.2, 0.25) is 5.28 Å². The summed E-state index contributed by atoms with van der Waals surface area (Å²) in [5.74, 6) is 0. The third-order valence-corrected chi connectivity index (χ3v) is 3.73. The summed E-state index contributed by atoms with van der Waals surface area (Å²) in [5.41, 5.74) is 0. The van der Waals surface area contributed by atoms with E-state index in [0.717, 1.165) is 23.9 Å². The van der Waals surface area contributed by atoms with Crippen LogP contribution in [0.3, 0.4) is 0 Å². The number of rotatable bonds is 3. The van der Waals surface area contributed by atoms with E-state index in [1.165, 1.54) is 6.20 Å². The Morgan fingerprint density at radius 3 is 2.50 bits per heavy atom. The smallest absolute Gasteiger partial charge is 0.265 e. The molecule has 7 nitrogen and oxygen atoms in total. The summed E-state index contributed by atoms with van der Waals surface area (Å²) in [5, 5.41) is 3.80. The van der Waals surface area contributed by atoms with Crippen molar-refractivity contribution < 1.29 is 8.42 Å². The van der Waals surface area contributed by atoms with Gasteiger partial charge in [-0.3, -0.25) is 4.72 Å². The van der Waals surface area contributed by atoms with Gasteiger partial charge in [-0.1, -0.05) is 4.49 Å². The lowest BCUT2D eigenvalue weighted by atomic mass is 10.7. The van der Waals surface area contributed by atoms with E-state index in [4.69, 9.17) is 11.6 Å². The monoisotopic (exact) mass is 277 g/mol. The maximum Gasteiger partial charge on any atom is 0.265 e. The molecule has 0 amide bonds. The summed E-state index contributed by atoms with van der Waals surface area (Å²) in [6.07, 6.45) is 3.54. The van der Waals surface area contributed by atoms with E-state index in [1.807, 2.05) is 0 Å². The Labute approximate surface area is 99.7 Å². The fourth-order valence-electron chi connectivity index (χ4n) is 0.843. The quantitative estimate of drug-likeness (QED) is 0.833. The molecular formula is C6H4ClN5O2S2. The predicted molar refractivity (Wildman–Crippen MR) is 57.8 cm³/mol. The summed E-state index contributed by atoms with van der Waals surface area (Å²) < 4.78 is 29.3. The maximum absolute atomic E-state index is 11.7. The third kappa shape index (κ3) is 2.43. The Bertz CT molecular complexity index is 567. The van der Waals surface area contributed by atoms with Crippen LogP contribution in [-0.2, 0) is 10.0 Å². The van der Waals surface area contributed by atoms with Crippen LogP contribution in [0.5, 0.6) is 0 Å². The second kappa shape index (κ2) is 4.28. The molecule has 2 rings (SSSR count). The first kappa shape index (κ1) is 11.2. The zero-order valence-electron chi connectivity index (χ0n) is 7.53. The van der Waals surface area contributed by atoms with Gasteiger partial charge in [0.15, 0.2) is 0 Å². The van der Waals surface area contributed by atoms with Gasteiger partial charge >= 0.3 is 0 Å². The molecule has 0 saturated carbocycles. The lowest BCUT2D eigenvalue weighted by molar-refractivity contribution is 0.600. The number of aromatic nitrogens is 4. The minimum Gasteiger partial charge on any atom is -0.268 e. The Morgan fingerprint density at radius 1 is 1.25 bits per heavy atom. The molecular weight excluding hydrogens is 274 g/mol. The second-order valence-electron chi connectivity index (χ2n) is 2.58. The molecule has 0 spiro atoms. The SMILES string of the molecule is O=S(=O)(Nc1cnns1)c1cnc(Cl)nc1. The summed E-state index contributed by atoms with van der Waals surface area (Å²) in [7, 11) is -3.70. The number of nitrogens with one attached hydrogen (secondary N) is 1. The van der Waals surface area contributed by atoms with E-state index < -0.39 is 10.0 Å². The van der Waals surface area contributed by atoms with Gasteiger partial charge in [0.05, 0.1) is 18.6 Å². The topological polar surface area (TPSA) is 97.7 Å². The Kier molecular flexibility index (Phi) is 2.99. The van der Waals surface area contributed by atoms with Crippen molar-refractivity contribution in [3.05, 3.63) is 23.9 Å². The first-order chi connectivity index (χ1) is 7.58. The van der Waals surface area contributed by atoms with Gasteiger partial charge in [-0.25, -0.2) is 18.4 Å². The van der Waals surface area contributed by atoms with Crippen LogP contribution in [0.15, 0.2) is 23.5 Å². The minimum atomic E-state index is -3.70. The molecule has 0 saturated heterocycles. The van der Waals surface area contributed by atoms with E-state index in [9.17, 15) is 8.42 Å². The van der Waals surface area contributed by atoms with Crippen molar-refractivity contribution in [1.82, 2.24) is 19.6 Å². The average Bonchev–Trinajstić information content (AvgIpc) is 2.70. The van der Waals surface area contributed by atoms with Crippen LogP contribution in [-0.4, -0.2) is 28.0 Å². The number of halogens is 1. The number of anilines is 1. The van der Waals surface area contributed by atoms with Gasteiger partial charge in [0.2, 0.25) is 5.28 Å². The molecule has 0 unspecified atom stereocenters. The van der Waals surface area contributed by atoms with Crippen LogP contribution >= 0.6 is 23.1 Å². The van der Waals surface area contributed by atoms with Crippen LogP contribution in [0, 0.1) is 0 Å². The van der Waals surface area contributed by atoms with Crippen molar-refractivity contribution in [1.29, 1.82) is 0 Å². The van der Waals surface area contributed by atoms with E-state index in [1.54, 1.807) is 0 Å². The predicted octanol–water partition coefficient (Wildman–Crippen LogP) is 0.782. The van der Waals surface area contributed by atoms with Crippen molar-refractivity contribution in [2.24, 2.45) is 0 Å². The third-order valence-electron chi connectivity index (χ3n) is 1.50. The Hall–Kier alpha value is -1.32. The van der Waals surface area contributed by atoms with Gasteiger partial charge in [0.1, 0.15) is 9.90 Å². The summed E-state index contributed by atoms with van der Waals surface area (Å²) in [6, 6.07) is 0. The largest absolute Gasteiger partial charge is 0.268 e. The highest BCUT2D eigenvalue weighted by Gasteiger charge is 2.16. The molecule has 0 aromatic carbocycles. The maximum atomic E-state index is 11.7. The molecule has 0 radical (unpaired) electrons. The molecule has 0 atom stereocenters. The van der Waals surface area contributed by atoms with E-state index in [0.29, 0.717) is 5.00 Å². The molecule has 0 bridgehead atoms. The van der Waals surface area contributed by atoms with Crippen LogP contribution in [0.25, 0.3) is 0 Å². The highest BCUT2D eigenvalue weighted by molar-refractivity contribution is 7.93. The lowest BCUT2D eigenvalue weighted by Crippen LogP contribution is -2.12. The molecule has 2 heterocycles. The van der Waals surface area contributed by atoms with Crippen LogP contribution < -0.4 is 4.72 Å². The normalized spacial score (nSPS) is 11.3. The molecule has 16 heavy (non-hydrogen) atoms. The minimum absolute atomic E-state index is 0.0154. The number of hydrogen-bond acceptors (Lipinski definition) is 7. The van der Waals surface area contributed by atoms with E-state index >= 15 is 0 Å². The molecule has 1 N–H and O–H groups in total. The first-order valence-electron chi connectivity index (χ1n) is 3.86. The molecule has 10 heteroatoms. The summed E-state index contributed by atoms with van der Waals surface area (Å²) in [4.78, 5) is 7.09. The fourth-order valence-corrected chi connectivity index (χ4v) is 2.51. The number of hydrogen-bond donors (Lipinski definition) is 1. The van der Waals surface area contributed by atoms with Gasteiger partial charge in [-0.05, 0) is 11.6 Å².